The van der Waals surface area contributed by atoms with Crippen molar-refractivity contribution >= 4 is 41.2 Å². The molecule has 0 unspecified atom stereocenters. The van der Waals surface area contributed by atoms with Gasteiger partial charge in [0.2, 0.25) is 12.3 Å². The summed E-state index contributed by atoms with van der Waals surface area (Å²) in [6, 6.07) is 22.2. The lowest BCUT2D eigenvalue weighted by molar-refractivity contribution is -0.596. The van der Waals surface area contributed by atoms with Crippen molar-refractivity contribution in [3.63, 3.8) is 0 Å². The Hall–Kier alpha value is -3.15. The number of hydrazine groups is 1. The number of nitrogens with zero attached hydrogens (tertiary/aromatic N) is 1. The first-order valence-corrected chi connectivity index (χ1v) is 10.1. The molecule has 3 aromatic carbocycles. The molecule has 30 heavy (non-hydrogen) atoms. The standard InChI is InChI=1S/C23H17Cl2N3O2/c24-18-12-11-17(19(25)13-18)14-28-21(15-7-3-1-4-8-15)20(23(30)27-28)26-22(29)16-9-5-2-6-10-16/h1-14,20-21H,(H-,26,27,29,30)/p+1/b28-14-/t20-,21+/m0/s1. The topological polar surface area (TPSA) is 61.2 Å². The van der Waals surface area contributed by atoms with Gasteiger partial charge in [0.1, 0.15) is 0 Å². The molecule has 150 valence electrons. The number of benzene rings is 3. The Morgan fingerprint density at radius 3 is 2.30 bits per heavy atom. The van der Waals surface area contributed by atoms with E-state index in [1.165, 1.54) is 0 Å². The highest BCUT2D eigenvalue weighted by Gasteiger charge is 2.47. The summed E-state index contributed by atoms with van der Waals surface area (Å²) in [4.78, 5) is 25.5. The molecule has 2 amide bonds. The summed E-state index contributed by atoms with van der Waals surface area (Å²) in [7, 11) is 0. The molecule has 7 heteroatoms. The summed E-state index contributed by atoms with van der Waals surface area (Å²) < 4.78 is 1.67. The number of carbonyl (C=O) groups excluding carboxylic acids is 2. The van der Waals surface area contributed by atoms with Crippen LogP contribution in [0.15, 0.2) is 78.9 Å². The van der Waals surface area contributed by atoms with Crippen LogP contribution in [0.5, 0.6) is 0 Å². The Labute approximate surface area is 183 Å². The van der Waals surface area contributed by atoms with Crippen LogP contribution in [0.2, 0.25) is 10.0 Å². The van der Waals surface area contributed by atoms with Gasteiger partial charge < -0.3 is 5.32 Å². The fourth-order valence-corrected chi connectivity index (χ4v) is 3.86. The fourth-order valence-electron chi connectivity index (χ4n) is 3.40. The van der Waals surface area contributed by atoms with Crippen molar-refractivity contribution in [2.45, 2.75) is 12.1 Å². The van der Waals surface area contributed by atoms with Gasteiger partial charge in [-0.1, -0.05) is 71.7 Å². The molecule has 0 bridgehead atoms. The Bertz CT molecular complexity index is 1120. The number of nitrogens with one attached hydrogen (secondary N) is 2. The lowest BCUT2D eigenvalue weighted by Gasteiger charge is -2.14. The van der Waals surface area contributed by atoms with Crippen LogP contribution in [0.25, 0.3) is 0 Å². The van der Waals surface area contributed by atoms with Crippen LogP contribution in [-0.2, 0) is 4.79 Å². The first kappa shape index (κ1) is 20.1. The second-order valence-corrected chi connectivity index (χ2v) is 7.69. The molecule has 3 aromatic rings. The fraction of sp³-hybridized carbons (Fsp3) is 0.0870. The lowest BCUT2D eigenvalue weighted by atomic mass is 10.00. The van der Waals surface area contributed by atoms with Gasteiger partial charge in [0.25, 0.3) is 5.91 Å². The molecular weight excluding hydrogens is 421 g/mol. The van der Waals surface area contributed by atoms with Crippen LogP contribution in [-0.4, -0.2) is 28.8 Å². The van der Waals surface area contributed by atoms with Crippen molar-refractivity contribution in [3.8, 4) is 0 Å². The molecule has 1 aliphatic heterocycles. The molecule has 2 atom stereocenters. The van der Waals surface area contributed by atoms with Crippen LogP contribution in [0.3, 0.4) is 0 Å². The van der Waals surface area contributed by atoms with Gasteiger partial charge in [-0.2, -0.15) is 0 Å². The molecule has 5 nitrogen and oxygen atoms in total. The van der Waals surface area contributed by atoms with Crippen LogP contribution in [0.1, 0.15) is 27.5 Å². The SMILES string of the molecule is O=C(N[C@@H]1C(=O)N/[N+](=C\c2ccc(Cl)cc2Cl)[C@@H]1c1ccccc1)c1ccccc1. The number of amides is 2. The molecule has 4 rings (SSSR count). The molecule has 0 radical (unpaired) electrons. The number of halogens is 2. The Morgan fingerprint density at radius 1 is 0.967 bits per heavy atom. The molecule has 0 aliphatic carbocycles. The van der Waals surface area contributed by atoms with Crippen LogP contribution < -0.4 is 10.7 Å². The normalized spacial score (nSPS) is 19.5. The Kier molecular flexibility index (Phi) is 5.84. The quantitative estimate of drug-likeness (QED) is 0.604. The minimum atomic E-state index is -0.789. The largest absolute Gasteiger partial charge is 0.334 e. The van der Waals surface area contributed by atoms with Crippen LogP contribution in [0, 0.1) is 0 Å². The minimum Gasteiger partial charge on any atom is -0.334 e. The monoisotopic (exact) mass is 438 g/mol. The van der Waals surface area contributed by atoms with E-state index in [4.69, 9.17) is 23.2 Å². The van der Waals surface area contributed by atoms with Gasteiger partial charge in [-0.3, -0.25) is 9.59 Å². The van der Waals surface area contributed by atoms with E-state index in [1.54, 1.807) is 53.4 Å². The maximum atomic E-state index is 12.8. The summed E-state index contributed by atoms with van der Waals surface area (Å²) in [5.41, 5.74) is 4.88. The zero-order valence-electron chi connectivity index (χ0n) is 15.8. The maximum Gasteiger partial charge on any atom is 0.304 e. The lowest BCUT2D eigenvalue weighted by Crippen LogP contribution is -2.42. The first-order valence-electron chi connectivity index (χ1n) is 9.32. The van der Waals surface area contributed by atoms with E-state index in [-0.39, 0.29) is 11.8 Å². The Morgan fingerprint density at radius 2 is 1.63 bits per heavy atom. The summed E-state index contributed by atoms with van der Waals surface area (Å²) >= 11 is 12.3. The van der Waals surface area contributed by atoms with Gasteiger partial charge in [-0.15, -0.1) is 10.1 Å². The van der Waals surface area contributed by atoms with Gasteiger partial charge in [0, 0.05) is 16.1 Å². The van der Waals surface area contributed by atoms with E-state index in [9.17, 15) is 9.59 Å². The smallest absolute Gasteiger partial charge is 0.304 e. The van der Waals surface area contributed by atoms with E-state index in [0.29, 0.717) is 21.2 Å². The third-order valence-corrected chi connectivity index (χ3v) is 5.40. The second kappa shape index (κ2) is 8.69. The number of carbonyl (C=O) groups is 2. The van der Waals surface area contributed by atoms with Gasteiger partial charge in [-0.05, 0) is 30.3 Å². The average molecular weight is 439 g/mol. The zero-order chi connectivity index (χ0) is 21.1. The third-order valence-electron chi connectivity index (χ3n) is 4.84. The molecule has 1 fully saturated rings. The summed E-state index contributed by atoms with van der Waals surface area (Å²) in [5, 5.41) is 3.85. The summed E-state index contributed by atoms with van der Waals surface area (Å²) in [5.74, 6) is -0.627. The predicted octanol–water partition coefficient (Wildman–Crippen LogP) is 4.01. The zero-order valence-corrected chi connectivity index (χ0v) is 17.3. The van der Waals surface area contributed by atoms with Crippen molar-refractivity contribution in [1.82, 2.24) is 10.7 Å². The van der Waals surface area contributed by atoms with Gasteiger partial charge in [0.05, 0.1) is 10.6 Å². The highest BCUT2D eigenvalue weighted by atomic mass is 35.5. The minimum absolute atomic E-state index is 0.311. The van der Waals surface area contributed by atoms with Crippen molar-refractivity contribution < 1.29 is 14.3 Å². The number of hydrazone groups is 1. The first-order chi connectivity index (χ1) is 14.5. The molecule has 0 aromatic heterocycles. The molecule has 2 N–H and O–H groups in total. The van der Waals surface area contributed by atoms with Crippen LogP contribution in [0.4, 0.5) is 0 Å². The number of hydrogen-bond acceptors (Lipinski definition) is 2. The highest BCUT2D eigenvalue weighted by Crippen LogP contribution is 2.26. The number of rotatable bonds is 4. The van der Waals surface area contributed by atoms with E-state index < -0.39 is 12.1 Å². The highest BCUT2D eigenvalue weighted by molar-refractivity contribution is 6.36. The van der Waals surface area contributed by atoms with Gasteiger partial charge in [-0.25, -0.2) is 0 Å². The molecule has 1 aliphatic rings. The van der Waals surface area contributed by atoms with E-state index in [2.05, 4.69) is 10.7 Å². The summed E-state index contributed by atoms with van der Waals surface area (Å²) in [6.45, 7) is 0. The van der Waals surface area contributed by atoms with Crippen molar-refractivity contribution in [2.24, 2.45) is 0 Å². The van der Waals surface area contributed by atoms with E-state index in [1.807, 2.05) is 36.4 Å². The van der Waals surface area contributed by atoms with Gasteiger partial charge >= 0.3 is 5.91 Å². The molecule has 1 saturated heterocycles. The van der Waals surface area contributed by atoms with Gasteiger partial charge in [0.15, 0.2) is 6.04 Å². The third kappa shape index (κ3) is 4.22. The molecule has 0 spiro atoms. The Balaban J connectivity index is 1.72. The summed E-state index contributed by atoms with van der Waals surface area (Å²) in [6.07, 6.45) is 1.74. The van der Waals surface area contributed by atoms with E-state index in [0.717, 1.165) is 5.56 Å². The van der Waals surface area contributed by atoms with Crippen molar-refractivity contribution in [1.29, 1.82) is 0 Å². The second-order valence-electron chi connectivity index (χ2n) is 6.85. The molecule has 0 saturated carbocycles. The van der Waals surface area contributed by atoms with E-state index >= 15 is 0 Å². The molecular formula is C23H18Cl2N3O2+. The van der Waals surface area contributed by atoms with Crippen molar-refractivity contribution in [2.75, 3.05) is 0 Å². The average Bonchev–Trinajstić information content (AvgIpc) is 3.06. The molecule has 1 heterocycles. The maximum absolute atomic E-state index is 12.8. The van der Waals surface area contributed by atoms with Crippen molar-refractivity contribution in [3.05, 3.63) is 106 Å². The predicted molar refractivity (Wildman–Crippen MR) is 117 cm³/mol. The number of hydrogen-bond donors (Lipinski definition) is 2. The van der Waals surface area contributed by atoms with Crippen LogP contribution >= 0.6 is 23.2 Å².